The summed E-state index contributed by atoms with van der Waals surface area (Å²) in [6.07, 6.45) is 0. The Balaban J connectivity index is 2.52. The number of rotatable bonds is 2. The van der Waals surface area contributed by atoms with Crippen LogP contribution in [0.2, 0.25) is 0 Å². The van der Waals surface area contributed by atoms with Crippen LogP contribution in [0.25, 0.3) is 10.1 Å². The van der Waals surface area contributed by atoms with Gasteiger partial charge >= 0.3 is 0 Å². The van der Waals surface area contributed by atoms with Gasteiger partial charge in [0, 0.05) is 11.2 Å². The lowest BCUT2D eigenvalue weighted by Crippen LogP contribution is -2.09. The topological polar surface area (TPSA) is 3.24 Å². The van der Waals surface area contributed by atoms with Crippen molar-refractivity contribution in [3.05, 3.63) is 34.7 Å². The highest BCUT2D eigenvalue weighted by Gasteiger charge is 2.05. The maximum Gasteiger partial charge on any atom is 0.0375 e. The van der Waals surface area contributed by atoms with Crippen LogP contribution in [0.5, 0.6) is 0 Å². The second-order valence-corrected chi connectivity index (χ2v) is 4.83. The lowest BCUT2D eigenvalue weighted by molar-refractivity contribution is 0.404. The van der Waals surface area contributed by atoms with Crippen LogP contribution in [-0.4, -0.2) is 19.0 Å². The molecule has 0 saturated carbocycles. The molecule has 2 rings (SSSR count). The SMILES string of the molecule is Cc1cccc2c(CN(C)C)csc12. The van der Waals surface area contributed by atoms with Crippen molar-refractivity contribution in [1.82, 2.24) is 4.90 Å². The summed E-state index contributed by atoms with van der Waals surface area (Å²) in [5, 5.41) is 3.70. The van der Waals surface area contributed by atoms with Crippen molar-refractivity contribution in [1.29, 1.82) is 0 Å². The first-order valence-corrected chi connectivity index (χ1v) is 5.67. The standard InChI is InChI=1S/C12H15NS/c1-9-5-4-6-11-10(7-13(2)3)8-14-12(9)11/h4-6,8H,7H2,1-3H3. The molecule has 0 aliphatic heterocycles. The van der Waals surface area contributed by atoms with E-state index >= 15 is 0 Å². The van der Waals surface area contributed by atoms with Crippen LogP contribution >= 0.6 is 11.3 Å². The molecule has 0 aliphatic carbocycles. The molecule has 0 bridgehead atoms. The van der Waals surface area contributed by atoms with Gasteiger partial charge in [-0.2, -0.15) is 0 Å². The molecule has 14 heavy (non-hydrogen) atoms. The minimum absolute atomic E-state index is 1.03. The normalized spacial score (nSPS) is 11.4. The molecule has 2 heteroatoms. The van der Waals surface area contributed by atoms with Gasteiger partial charge in [-0.1, -0.05) is 18.2 Å². The van der Waals surface area contributed by atoms with E-state index in [2.05, 4.69) is 49.5 Å². The van der Waals surface area contributed by atoms with Crippen molar-refractivity contribution >= 4 is 21.4 Å². The molecule has 0 aliphatic rings. The van der Waals surface area contributed by atoms with E-state index in [0.717, 1.165) is 6.54 Å². The molecule has 2 aromatic rings. The molecule has 0 N–H and O–H groups in total. The predicted molar refractivity (Wildman–Crippen MR) is 64.0 cm³/mol. The fraction of sp³-hybridized carbons (Fsp3) is 0.333. The first-order valence-electron chi connectivity index (χ1n) is 4.79. The van der Waals surface area contributed by atoms with Crippen LogP contribution in [0.1, 0.15) is 11.1 Å². The average Bonchev–Trinajstić information content (AvgIpc) is 2.49. The number of hydrogen-bond acceptors (Lipinski definition) is 2. The lowest BCUT2D eigenvalue weighted by atomic mass is 10.1. The Bertz CT molecular complexity index is 443. The van der Waals surface area contributed by atoms with Crippen LogP contribution in [0.3, 0.4) is 0 Å². The second-order valence-electron chi connectivity index (χ2n) is 3.95. The number of nitrogens with zero attached hydrogens (tertiary/aromatic N) is 1. The number of hydrogen-bond donors (Lipinski definition) is 0. The molecule has 0 amide bonds. The van der Waals surface area contributed by atoms with Crippen molar-refractivity contribution in [3.63, 3.8) is 0 Å². The zero-order valence-electron chi connectivity index (χ0n) is 8.87. The van der Waals surface area contributed by atoms with E-state index in [1.165, 1.54) is 21.2 Å². The highest BCUT2D eigenvalue weighted by atomic mass is 32.1. The average molecular weight is 205 g/mol. The van der Waals surface area contributed by atoms with Crippen molar-refractivity contribution < 1.29 is 0 Å². The summed E-state index contributed by atoms with van der Waals surface area (Å²) in [6, 6.07) is 6.54. The molecule has 74 valence electrons. The molecule has 1 heterocycles. The minimum Gasteiger partial charge on any atom is -0.305 e. The van der Waals surface area contributed by atoms with Crippen LogP contribution in [0.4, 0.5) is 0 Å². The highest BCUT2D eigenvalue weighted by molar-refractivity contribution is 7.17. The van der Waals surface area contributed by atoms with Crippen molar-refractivity contribution in [3.8, 4) is 0 Å². The van der Waals surface area contributed by atoms with Gasteiger partial charge in [-0.05, 0) is 42.9 Å². The van der Waals surface area contributed by atoms with Crippen molar-refractivity contribution in [2.75, 3.05) is 14.1 Å². The van der Waals surface area contributed by atoms with Gasteiger partial charge in [0.25, 0.3) is 0 Å². The van der Waals surface area contributed by atoms with Crippen LogP contribution in [-0.2, 0) is 6.54 Å². The van der Waals surface area contributed by atoms with E-state index < -0.39 is 0 Å². The summed E-state index contributed by atoms with van der Waals surface area (Å²) in [4.78, 5) is 2.21. The molecule has 1 aromatic carbocycles. The maximum absolute atomic E-state index is 2.28. The number of benzene rings is 1. The fourth-order valence-corrected chi connectivity index (χ4v) is 2.76. The van der Waals surface area contributed by atoms with Crippen molar-refractivity contribution in [2.45, 2.75) is 13.5 Å². The molecular formula is C12H15NS. The van der Waals surface area contributed by atoms with Gasteiger partial charge in [-0.25, -0.2) is 0 Å². The Hall–Kier alpha value is -0.860. The Morgan fingerprint density at radius 2 is 2.07 bits per heavy atom. The maximum atomic E-state index is 2.28. The minimum atomic E-state index is 1.03. The van der Waals surface area contributed by atoms with Gasteiger partial charge in [0.15, 0.2) is 0 Å². The molecule has 1 nitrogen and oxygen atoms in total. The van der Waals surface area contributed by atoms with Crippen LogP contribution < -0.4 is 0 Å². The van der Waals surface area contributed by atoms with Crippen molar-refractivity contribution in [2.24, 2.45) is 0 Å². The van der Waals surface area contributed by atoms with Gasteiger partial charge in [-0.3, -0.25) is 0 Å². The molecule has 0 atom stereocenters. The summed E-state index contributed by atoms with van der Waals surface area (Å²) < 4.78 is 1.43. The second kappa shape index (κ2) is 3.71. The number of thiophene rings is 1. The molecule has 0 radical (unpaired) electrons. The van der Waals surface area contributed by atoms with E-state index in [4.69, 9.17) is 0 Å². The number of fused-ring (bicyclic) bond motifs is 1. The van der Waals surface area contributed by atoms with E-state index in [0.29, 0.717) is 0 Å². The monoisotopic (exact) mass is 205 g/mol. The third kappa shape index (κ3) is 1.68. The van der Waals surface area contributed by atoms with E-state index in [1.807, 2.05) is 11.3 Å². The molecule has 1 aromatic heterocycles. The smallest absolute Gasteiger partial charge is 0.0375 e. The molecule has 0 unspecified atom stereocenters. The Kier molecular flexibility index (Phi) is 2.57. The molecule has 0 spiro atoms. The van der Waals surface area contributed by atoms with Gasteiger partial charge in [-0.15, -0.1) is 11.3 Å². The zero-order valence-corrected chi connectivity index (χ0v) is 9.69. The molecule has 0 saturated heterocycles. The fourth-order valence-electron chi connectivity index (χ4n) is 1.72. The third-order valence-corrected chi connectivity index (χ3v) is 3.54. The van der Waals surface area contributed by atoms with Crippen LogP contribution in [0.15, 0.2) is 23.6 Å². The predicted octanol–water partition coefficient (Wildman–Crippen LogP) is 3.27. The third-order valence-electron chi connectivity index (χ3n) is 2.36. The quantitative estimate of drug-likeness (QED) is 0.727. The summed E-state index contributed by atoms with van der Waals surface area (Å²) in [6.45, 7) is 3.21. The Morgan fingerprint density at radius 1 is 1.29 bits per heavy atom. The van der Waals surface area contributed by atoms with E-state index in [9.17, 15) is 0 Å². The summed E-state index contributed by atoms with van der Waals surface area (Å²) in [5.41, 5.74) is 2.83. The summed E-state index contributed by atoms with van der Waals surface area (Å²) >= 11 is 1.86. The lowest BCUT2D eigenvalue weighted by Gasteiger charge is -2.08. The first-order chi connectivity index (χ1) is 6.68. The van der Waals surface area contributed by atoms with Gasteiger partial charge < -0.3 is 4.90 Å². The number of aryl methyl sites for hydroxylation is 1. The molecule has 0 fully saturated rings. The van der Waals surface area contributed by atoms with Crippen LogP contribution in [0, 0.1) is 6.92 Å². The summed E-state index contributed by atoms with van der Waals surface area (Å²) in [7, 11) is 4.22. The zero-order chi connectivity index (χ0) is 10.1. The van der Waals surface area contributed by atoms with E-state index in [-0.39, 0.29) is 0 Å². The van der Waals surface area contributed by atoms with Gasteiger partial charge in [0.05, 0.1) is 0 Å². The van der Waals surface area contributed by atoms with Gasteiger partial charge in [0.2, 0.25) is 0 Å². The first kappa shape index (κ1) is 9.69. The largest absolute Gasteiger partial charge is 0.305 e. The van der Waals surface area contributed by atoms with E-state index in [1.54, 1.807) is 0 Å². The highest BCUT2D eigenvalue weighted by Crippen LogP contribution is 2.29. The summed E-state index contributed by atoms with van der Waals surface area (Å²) in [5.74, 6) is 0. The molecular weight excluding hydrogens is 190 g/mol. The Morgan fingerprint density at radius 3 is 2.79 bits per heavy atom. The Labute approximate surface area is 89.0 Å². The van der Waals surface area contributed by atoms with Gasteiger partial charge in [0.1, 0.15) is 0 Å².